The minimum absolute atomic E-state index is 0.0393. The molecule has 0 spiro atoms. The van der Waals surface area contributed by atoms with Crippen LogP contribution in [0.3, 0.4) is 0 Å². The van der Waals surface area contributed by atoms with Gasteiger partial charge in [0.25, 0.3) is 0 Å². The molecule has 2 amide bonds. The normalized spacial score (nSPS) is 13.8. The molecule has 1 fully saturated rings. The van der Waals surface area contributed by atoms with Gasteiger partial charge < -0.3 is 19.5 Å². The number of hydrogen-bond donors (Lipinski definition) is 1. The van der Waals surface area contributed by atoms with Gasteiger partial charge in [0.1, 0.15) is 5.82 Å². The van der Waals surface area contributed by atoms with Crippen molar-refractivity contribution in [2.45, 2.75) is 12.8 Å². The molecule has 3 aromatic rings. The first-order chi connectivity index (χ1) is 16.0. The summed E-state index contributed by atoms with van der Waals surface area (Å²) in [4.78, 5) is 32.7. The van der Waals surface area contributed by atoms with Crippen molar-refractivity contribution in [1.82, 2.24) is 15.2 Å². The number of nitrogens with one attached hydrogen (secondary N) is 1. The van der Waals surface area contributed by atoms with Crippen LogP contribution in [0.2, 0.25) is 5.02 Å². The molecule has 4 rings (SSSR count). The van der Waals surface area contributed by atoms with E-state index in [0.29, 0.717) is 54.8 Å². The minimum Gasteiger partial charge on any atom is -0.441 e. The maximum Gasteiger partial charge on any atom is 0.242 e. The van der Waals surface area contributed by atoms with E-state index in [1.165, 1.54) is 12.1 Å². The predicted octanol–water partition coefficient (Wildman–Crippen LogP) is 3.53. The van der Waals surface area contributed by atoms with Crippen molar-refractivity contribution in [3.05, 3.63) is 71.5 Å². The van der Waals surface area contributed by atoms with Gasteiger partial charge in [-0.1, -0.05) is 17.7 Å². The van der Waals surface area contributed by atoms with E-state index in [2.05, 4.69) is 15.2 Å². The highest BCUT2D eigenvalue weighted by molar-refractivity contribution is 6.30. The standard InChI is InChI=1S/C24H24ClFN4O3/c25-18-2-1-3-20(14-18)29-10-12-30(13-11-29)24(32)16-27-22(31)8-9-23-28-15-21(33-23)17-4-6-19(26)7-5-17/h1-7,14-15H,8-13,16H2,(H,27,31). The van der Waals surface area contributed by atoms with Gasteiger partial charge in [-0.05, 0) is 42.5 Å². The zero-order valence-electron chi connectivity index (χ0n) is 18.0. The lowest BCUT2D eigenvalue weighted by molar-refractivity contribution is -0.133. The lowest BCUT2D eigenvalue weighted by Crippen LogP contribution is -2.51. The topological polar surface area (TPSA) is 78.7 Å². The third kappa shape index (κ3) is 6.10. The second-order valence-electron chi connectivity index (χ2n) is 7.75. The third-order valence-corrected chi connectivity index (χ3v) is 5.73. The molecule has 0 radical (unpaired) electrons. The number of carbonyl (C=O) groups excluding carboxylic acids is 2. The Hall–Kier alpha value is -3.39. The van der Waals surface area contributed by atoms with E-state index >= 15 is 0 Å². The average molecular weight is 471 g/mol. The number of piperazine rings is 1. The molecule has 0 atom stereocenters. The second-order valence-corrected chi connectivity index (χ2v) is 8.19. The fourth-order valence-electron chi connectivity index (χ4n) is 3.66. The molecule has 0 aliphatic carbocycles. The molecular weight excluding hydrogens is 447 g/mol. The molecule has 9 heteroatoms. The summed E-state index contributed by atoms with van der Waals surface area (Å²) < 4.78 is 18.7. The van der Waals surface area contributed by atoms with E-state index in [0.717, 1.165) is 5.69 Å². The number of amides is 2. The van der Waals surface area contributed by atoms with Gasteiger partial charge in [0.05, 0.1) is 12.7 Å². The zero-order chi connectivity index (χ0) is 23.2. The Morgan fingerprint density at radius 1 is 1.09 bits per heavy atom. The van der Waals surface area contributed by atoms with Crippen LogP contribution in [0.15, 0.2) is 59.1 Å². The Bertz CT molecular complexity index is 1110. The zero-order valence-corrected chi connectivity index (χ0v) is 18.7. The van der Waals surface area contributed by atoms with Crippen molar-refractivity contribution in [2.75, 3.05) is 37.6 Å². The minimum atomic E-state index is -0.326. The maximum absolute atomic E-state index is 13.0. The molecule has 1 aromatic heterocycles. The van der Waals surface area contributed by atoms with Gasteiger partial charge in [0, 0.05) is 55.3 Å². The lowest BCUT2D eigenvalue weighted by atomic mass is 10.2. The maximum atomic E-state index is 13.0. The number of oxazole rings is 1. The molecule has 1 aliphatic heterocycles. The summed E-state index contributed by atoms with van der Waals surface area (Å²) in [5.41, 5.74) is 1.75. The van der Waals surface area contributed by atoms with Gasteiger partial charge in [-0.3, -0.25) is 9.59 Å². The Kier molecular flexibility index (Phi) is 7.24. The van der Waals surface area contributed by atoms with Crippen LogP contribution in [0.25, 0.3) is 11.3 Å². The summed E-state index contributed by atoms with van der Waals surface area (Å²) >= 11 is 6.06. The van der Waals surface area contributed by atoms with Crippen LogP contribution in [-0.4, -0.2) is 54.4 Å². The molecule has 172 valence electrons. The predicted molar refractivity (Wildman–Crippen MR) is 123 cm³/mol. The quantitative estimate of drug-likeness (QED) is 0.571. The molecule has 1 N–H and O–H groups in total. The van der Waals surface area contributed by atoms with Gasteiger partial charge >= 0.3 is 0 Å². The molecule has 1 saturated heterocycles. The van der Waals surface area contributed by atoms with Crippen molar-refractivity contribution >= 4 is 29.1 Å². The van der Waals surface area contributed by atoms with Crippen LogP contribution >= 0.6 is 11.6 Å². The van der Waals surface area contributed by atoms with Gasteiger partial charge in [-0.15, -0.1) is 0 Å². The fourth-order valence-corrected chi connectivity index (χ4v) is 3.84. The number of rotatable bonds is 7. The van der Waals surface area contributed by atoms with Crippen LogP contribution in [0.1, 0.15) is 12.3 Å². The summed E-state index contributed by atoms with van der Waals surface area (Å²) in [6, 6.07) is 13.6. The SMILES string of the molecule is O=C(CCc1ncc(-c2ccc(F)cc2)o1)NCC(=O)N1CCN(c2cccc(Cl)c2)CC1. The Labute approximate surface area is 196 Å². The number of halogens is 2. The van der Waals surface area contributed by atoms with E-state index in [-0.39, 0.29) is 30.6 Å². The summed E-state index contributed by atoms with van der Waals surface area (Å²) in [7, 11) is 0. The highest BCUT2D eigenvalue weighted by Gasteiger charge is 2.21. The summed E-state index contributed by atoms with van der Waals surface area (Å²) in [5, 5.41) is 3.36. The summed E-state index contributed by atoms with van der Waals surface area (Å²) in [6.45, 7) is 2.55. The van der Waals surface area contributed by atoms with Crippen LogP contribution in [0.4, 0.5) is 10.1 Å². The number of benzene rings is 2. The van der Waals surface area contributed by atoms with Crippen molar-refractivity contribution < 1.29 is 18.4 Å². The van der Waals surface area contributed by atoms with Gasteiger partial charge in [0.2, 0.25) is 11.8 Å². The van der Waals surface area contributed by atoms with Crippen molar-refractivity contribution in [1.29, 1.82) is 0 Å². The van der Waals surface area contributed by atoms with Crippen molar-refractivity contribution in [2.24, 2.45) is 0 Å². The first-order valence-corrected chi connectivity index (χ1v) is 11.1. The first-order valence-electron chi connectivity index (χ1n) is 10.7. The number of hydrogen-bond acceptors (Lipinski definition) is 5. The fraction of sp³-hybridized carbons (Fsp3) is 0.292. The smallest absolute Gasteiger partial charge is 0.242 e. The highest BCUT2D eigenvalue weighted by atomic mass is 35.5. The van der Waals surface area contributed by atoms with Gasteiger partial charge in [-0.2, -0.15) is 0 Å². The van der Waals surface area contributed by atoms with Gasteiger partial charge in [-0.25, -0.2) is 9.37 Å². The van der Waals surface area contributed by atoms with E-state index in [1.807, 2.05) is 24.3 Å². The van der Waals surface area contributed by atoms with Gasteiger partial charge in [0.15, 0.2) is 11.7 Å². The van der Waals surface area contributed by atoms with Crippen LogP contribution in [-0.2, 0) is 16.0 Å². The van der Waals surface area contributed by atoms with Crippen molar-refractivity contribution in [3.8, 4) is 11.3 Å². The molecular formula is C24H24ClFN4O3. The molecule has 2 aromatic carbocycles. The Balaban J connectivity index is 1.18. The highest BCUT2D eigenvalue weighted by Crippen LogP contribution is 2.22. The number of aryl methyl sites for hydroxylation is 1. The number of carbonyl (C=O) groups is 2. The Morgan fingerprint density at radius 2 is 1.85 bits per heavy atom. The number of nitrogens with zero attached hydrogens (tertiary/aromatic N) is 3. The molecule has 0 unspecified atom stereocenters. The Morgan fingerprint density at radius 3 is 2.58 bits per heavy atom. The second kappa shape index (κ2) is 10.5. The number of anilines is 1. The van der Waals surface area contributed by atoms with E-state index in [1.54, 1.807) is 23.2 Å². The third-order valence-electron chi connectivity index (χ3n) is 5.49. The number of aromatic nitrogens is 1. The molecule has 33 heavy (non-hydrogen) atoms. The molecule has 0 bridgehead atoms. The molecule has 7 nitrogen and oxygen atoms in total. The van der Waals surface area contributed by atoms with Crippen LogP contribution in [0.5, 0.6) is 0 Å². The average Bonchev–Trinajstić information content (AvgIpc) is 3.31. The largest absolute Gasteiger partial charge is 0.441 e. The van der Waals surface area contributed by atoms with Crippen LogP contribution < -0.4 is 10.2 Å². The molecule has 0 saturated carbocycles. The lowest BCUT2D eigenvalue weighted by Gasteiger charge is -2.36. The molecule has 1 aliphatic rings. The van der Waals surface area contributed by atoms with E-state index < -0.39 is 0 Å². The van der Waals surface area contributed by atoms with E-state index in [4.69, 9.17) is 16.0 Å². The molecule has 2 heterocycles. The monoisotopic (exact) mass is 470 g/mol. The first kappa shape index (κ1) is 22.8. The summed E-state index contributed by atoms with van der Waals surface area (Å²) in [5.74, 6) is 0.240. The van der Waals surface area contributed by atoms with Crippen molar-refractivity contribution in [3.63, 3.8) is 0 Å². The summed E-state index contributed by atoms with van der Waals surface area (Å²) in [6.07, 6.45) is 2.01. The van der Waals surface area contributed by atoms with Crippen LogP contribution in [0, 0.1) is 5.82 Å². The van der Waals surface area contributed by atoms with E-state index in [9.17, 15) is 14.0 Å².